The Bertz CT molecular complexity index is 734. The van der Waals surface area contributed by atoms with E-state index in [0.29, 0.717) is 22.7 Å². The molecule has 20 heavy (non-hydrogen) atoms. The maximum absolute atomic E-state index is 13.7. The summed E-state index contributed by atoms with van der Waals surface area (Å²) in [6, 6.07) is 6.69. The highest BCUT2D eigenvalue weighted by Crippen LogP contribution is 2.21. The number of nitrogens with one attached hydrogen (secondary N) is 1. The standard InChI is InChI=1S/C12H12FN3O3S/c1-20(18,19)11-3-2-8(6-10(11)13)15-12-7-9(16-17)4-5-14-12/h2-7H,16H2,1H3,(H,14,15). The van der Waals surface area contributed by atoms with Gasteiger partial charge in [-0.2, -0.15) is 0 Å². The van der Waals surface area contributed by atoms with Crippen LogP contribution in [-0.4, -0.2) is 19.7 Å². The van der Waals surface area contributed by atoms with Gasteiger partial charge < -0.3 is 16.0 Å². The number of rotatable bonds is 4. The molecule has 0 unspecified atom stereocenters. The molecule has 0 aliphatic carbocycles. The van der Waals surface area contributed by atoms with Gasteiger partial charge in [0.15, 0.2) is 9.84 Å². The third-order valence-electron chi connectivity index (χ3n) is 2.52. The Hall–Kier alpha value is -2.03. The van der Waals surface area contributed by atoms with Crippen LogP contribution < -0.4 is 10.8 Å². The van der Waals surface area contributed by atoms with Crippen LogP contribution in [0, 0.1) is 11.0 Å². The first-order chi connectivity index (χ1) is 9.40. The topological polar surface area (TPSA) is 98.7 Å². The molecule has 1 heterocycles. The average Bonchev–Trinajstić information content (AvgIpc) is 2.37. The number of pyridine rings is 1. The van der Waals surface area contributed by atoms with Crippen molar-refractivity contribution in [3.05, 3.63) is 47.6 Å². The number of halogens is 1. The second-order valence-electron chi connectivity index (χ2n) is 4.13. The van der Waals surface area contributed by atoms with Gasteiger partial charge >= 0.3 is 0 Å². The first kappa shape index (κ1) is 14.4. The van der Waals surface area contributed by atoms with Gasteiger partial charge in [-0.1, -0.05) is 0 Å². The predicted octanol–water partition coefficient (Wildman–Crippen LogP) is 1.06. The predicted molar refractivity (Wildman–Crippen MR) is 72.0 cm³/mol. The molecule has 8 heteroatoms. The Morgan fingerprint density at radius 1 is 1.30 bits per heavy atom. The van der Waals surface area contributed by atoms with E-state index < -0.39 is 15.7 Å². The Balaban J connectivity index is 2.29. The molecule has 0 spiro atoms. The molecule has 106 valence electrons. The summed E-state index contributed by atoms with van der Waals surface area (Å²) < 4.78 is 36.3. The van der Waals surface area contributed by atoms with Crippen LogP contribution in [-0.2, 0) is 9.84 Å². The number of hydrogen-bond donors (Lipinski definition) is 2. The van der Waals surface area contributed by atoms with Gasteiger partial charge in [0.05, 0.1) is 0 Å². The summed E-state index contributed by atoms with van der Waals surface area (Å²) in [6.07, 6.45) is 2.38. The third-order valence-corrected chi connectivity index (χ3v) is 3.65. The van der Waals surface area contributed by atoms with Crippen molar-refractivity contribution >= 4 is 27.0 Å². The van der Waals surface area contributed by atoms with E-state index in [2.05, 4.69) is 10.3 Å². The Labute approximate surface area is 115 Å². The molecule has 0 aliphatic heterocycles. The monoisotopic (exact) mass is 297 g/mol. The van der Waals surface area contributed by atoms with E-state index in [0.717, 1.165) is 12.3 Å². The number of hydrogen-bond acceptors (Lipinski definition) is 5. The number of quaternary nitrogens is 1. The molecule has 0 saturated heterocycles. The Morgan fingerprint density at radius 2 is 2.05 bits per heavy atom. The lowest BCUT2D eigenvalue weighted by Gasteiger charge is -2.08. The van der Waals surface area contributed by atoms with Crippen LogP contribution >= 0.6 is 0 Å². The molecule has 6 nitrogen and oxygen atoms in total. The fraction of sp³-hybridized carbons (Fsp3) is 0.0833. The molecule has 1 aromatic heterocycles. The number of nitrogens with zero attached hydrogens (tertiary/aromatic N) is 1. The van der Waals surface area contributed by atoms with Crippen molar-refractivity contribution in [2.24, 2.45) is 0 Å². The molecule has 3 N–H and O–H groups in total. The zero-order valence-corrected chi connectivity index (χ0v) is 11.3. The van der Waals surface area contributed by atoms with Crippen molar-refractivity contribution < 1.29 is 18.3 Å². The number of benzene rings is 1. The molecule has 0 radical (unpaired) electrons. The highest BCUT2D eigenvalue weighted by molar-refractivity contribution is 7.90. The fourth-order valence-corrected chi connectivity index (χ4v) is 2.34. The summed E-state index contributed by atoms with van der Waals surface area (Å²) >= 11 is 0. The van der Waals surface area contributed by atoms with Crippen molar-refractivity contribution in [2.45, 2.75) is 4.90 Å². The van der Waals surface area contributed by atoms with Crippen LogP contribution in [0.15, 0.2) is 41.4 Å². The minimum absolute atomic E-state index is 0.338. The second-order valence-corrected chi connectivity index (χ2v) is 6.12. The van der Waals surface area contributed by atoms with Crippen molar-refractivity contribution in [3.63, 3.8) is 0 Å². The van der Waals surface area contributed by atoms with Gasteiger partial charge in [0.2, 0.25) is 0 Å². The lowest BCUT2D eigenvalue weighted by Crippen LogP contribution is -2.70. The molecule has 0 aliphatic rings. The van der Waals surface area contributed by atoms with Gasteiger partial charge in [0.25, 0.3) is 0 Å². The van der Waals surface area contributed by atoms with Gasteiger partial charge in [-0.15, -0.1) is 0 Å². The van der Waals surface area contributed by atoms with Crippen molar-refractivity contribution in [2.75, 3.05) is 11.6 Å². The molecule has 2 aromatic rings. The number of anilines is 2. The zero-order valence-electron chi connectivity index (χ0n) is 10.5. The summed E-state index contributed by atoms with van der Waals surface area (Å²) in [6.45, 7) is 0. The Morgan fingerprint density at radius 3 is 2.65 bits per heavy atom. The summed E-state index contributed by atoms with van der Waals surface area (Å²) in [5, 5.41) is 13.4. The first-order valence-corrected chi connectivity index (χ1v) is 7.47. The van der Waals surface area contributed by atoms with E-state index in [1.165, 1.54) is 30.5 Å². The molecule has 0 bridgehead atoms. The molecule has 0 amide bonds. The van der Waals surface area contributed by atoms with Gasteiger partial charge in [-0.05, 0) is 18.2 Å². The zero-order chi connectivity index (χ0) is 14.8. The van der Waals surface area contributed by atoms with E-state index in [1.807, 2.05) is 0 Å². The third kappa shape index (κ3) is 3.29. The van der Waals surface area contributed by atoms with E-state index in [4.69, 9.17) is 0 Å². The van der Waals surface area contributed by atoms with Gasteiger partial charge in [0, 0.05) is 30.3 Å². The SMILES string of the molecule is CS(=O)(=O)c1ccc(Nc2cc([NH2+][O-])ccn2)cc1F. The summed E-state index contributed by atoms with van der Waals surface area (Å²) in [5.74, 6) is -0.481. The van der Waals surface area contributed by atoms with Crippen molar-refractivity contribution in [1.82, 2.24) is 4.98 Å². The minimum Gasteiger partial charge on any atom is -0.630 e. The highest BCUT2D eigenvalue weighted by atomic mass is 32.2. The average molecular weight is 297 g/mol. The van der Waals surface area contributed by atoms with Crippen LogP contribution in [0.4, 0.5) is 21.6 Å². The maximum Gasteiger partial charge on any atom is 0.178 e. The van der Waals surface area contributed by atoms with Crippen LogP contribution in [0.2, 0.25) is 0 Å². The summed E-state index contributed by atoms with van der Waals surface area (Å²) in [7, 11) is -3.60. The molecule has 0 saturated carbocycles. The molecular weight excluding hydrogens is 285 g/mol. The van der Waals surface area contributed by atoms with Crippen LogP contribution in [0.5, 0.6) is 0 Å². The lowest BCUT2D eigenvalue weighted by molar-refractivity contribution is -0.497. The highest BCUT2D eigenvalue weighted by Gasteiger charge is 2.13. The number of aromatic nitrogens is 1. The van der Waals surface area contributed by atoms with E-state index in [9.17, 15) is 18.0 Å². The van der Waals surface area contributed by atoms with Crippen molar-refractivity contribution in [3.8, 4) is 0 Å². The number of nitrogens with two attached hydrogens (primary N) is 1. The van der Waals surface area contributed by atoms with E-state index >= 15 is 0 Å². The van der Waals surface area contributed by atoms with E-state index in [-0.39, 0.29) is 4.90 Å². The summed E-state index contributed by atoms with van der Waals surface area (Å²) in [5.41, 5.74) is 1.43. The normalized spacial score (nSPS) is 11.3. The van der Waals surface area contributed by atoms with Crippen LogP contribution in [0.25, 0.3) is 0 Å². The van der Waals surface area contributed by atoms with Crippen LogP contribution in [0.1, 0.15) is 0 Å². The first-order valence-electron chi connectivity index (χ1n) is 5.58. The van der Waals surface area contributed by atoms with Crippen LogP contribution in [0.3, 0.4) is 0 Å². The fourth-order valence-electron chi connectivity index (χ4n) is 1.62. The van der Waals surface area contributed by atoms with E-state index in [1.54, 1.807) is 0 Å². The Kier molecular flexibility index (Phi) is 3.98. The summed E-state index contributed by atoms with van der Waals surface area (Å²) in [4.78, 5) is 3.61. The molecular formula is C12H12FN3O3S. The quantitative estimate of drug-likeness (QED) is 0.822. The smallest absolute Gasteiger partial charge is 0.178 e. The largest absolute Gasteiger partial charge is 0.630 e. The van der Waals surface area contributed by atoms with Gasteiger partial charge in [-0.25, -0.2) is 17.8 Å². The minimum atomic E-state index is -3.60. The van der Waals surface area contributed by atoms with Gasteiger partial charge in [0.1, 0.15) is 22.2 Å². The lowest BCUT2D eigenvalue weighted by atomic mass is 10.3. The molecule has 0 fully saturated rings. The molecule has 2 rings (SSSR count). The second kappa shape index (κ2) is 5.53. The maximum atomic E-state index is 13.7. The molecule has 1 aromatic carbocycles. The van der Waals surface area contributed by atoms with Crippen molar-refractivity contribution in [1.29, 1.82) is 0 Å². The molecule has 0 atom stereocenters. The van der Waals surface area contributed by atoms with Gasteiger partial charge in [-0.3, -0.25) is 0 Å². The number of sulfone groups is 1.